The maximum Gasteiger partial charge on any atom is 0.472 e. The van der Waals surface area contributed by atoms with E-state index in [9.17, 15) is 19.0 Å². The lowest BCUT2D eigenvalue weighted by Gasteiger charge is -2.19. The zero-order valence-electron chi connectivity index (χ0n) is 48.5. The van der Waals surface area contributed by atoms with Crippen LogP contribution in [0, 0.1) is 0 Å². The van der Waals surface area contributed by atoms with Gasteiger partial charge in [0.25, 0.3) is 0 Å². The van der Waals surface area contributed by atoms with Gasteiger partial charge >= 0.3 is 19.8 Å². The summed E-state index contributed by atoms with van der Waals surface area (Å²) in [5.41, 5.74) is 5.38. The summed E-state index contributed by atoms with van der Waals surface area (Å²) in [5.74, 6) is -0.860. The predicted octanol–water partition coefficient (Wildman–Crippen LogP) is 19.9. The minimum atomic E-state index is -4.40. The standard InChI is InChI=1S/C65H116NO8P/c1-3-5-7-9-11-13-15-17-19-21-23-24-25-26-27-28-29-30-31-32-33-34-35-36-37-38-40-41-43-45-47-49-51-53-55-57-64(67)71-61-63(62-73-75(69,70)72-60-59-66)74-65(68)58-56-54-52-50-48-46-44-42-39-22-20-18-16-14-12-10-8-6-4-2/h6,8,12,14-15,17-18,20-21,23,39,42,46,48,63H,3-5,7,9-11,13,16,19,22,24-38,40-41,43-45,47,49-62,66H2,1-2H3,(H,69,70)/b8-6-,14-12-,17-15-,20-18-,23-21-,42-39-,48-46-. The average molecular weight is 1070 g/mol. The number of carbonyl (C=O) groups excluding carboxylic acids is 2. The van der Waals surface area contributed by atoms with Gasteiger partial charge in [-0.3, -0.25) is 18.6 Å². The first kappa shape index (κ1) is 72.2. The summed E-state index contributed by atoms with van der Waals surface area (Å²) in [7, 11) is -4.40. The number of carbonyl (C=O) groups is 2. The highest BCUT2D eigenvalue weighted by atomic mass is 31.2. The number of phosphoric acid groups is 1. The second kappa shape index (κ2) is 60.4. The second-order valence-electron chi connectivity index (χ2n) is 20.5. The summed E-state index contributed by atoms with van der Waals surface area (Å²) in [6.45, 7) is 3.60. The van der Waals surface area contributed by atoms with Gasteiger partial charge in [0.1, 0.15) is 6.61 Å². The zero-order valence-corrected chi connectivity index (χ0v) is 49.4. The summed E-state index contributed by atoms with van der Waals surface area (Å²) in [5, 5.41) is 0. The molecule has 0 spiro atoms. The van der Waals surface area contributed by atoms with Crippen molar-refractivity contribution in [2.45, 2.75) is 290 Å². The molecule has 0 saturated carbocycles. The fourth-order valence-electron chi connectivity index (χ4n) is 8.69. The molecule has 0 bridgehead atoms. The molecule has 0 aromatic heterocycles. The molecule has 0 aliphatic rings. The molecular weight excluding hydrogens is 954 g/mol. The fourth-order valence-corrected chi connectivity index (χ4v) is 9.46. The topological polar surface area (TPSA) is 134 Å². The van der Waals surface area contributed by atoms with Gasteiger partial charge in [0.2, 0.25) is 0 Å². The van der Waals surface area contributed by atoms with Crippen LogP contribution in [-0.4, -0.2) is 49.3 Å². The van der Waals surface area contributed by atoms with Crippen LogP contribution in [0.5, 0.6) is 0 Å². The first-order valence-electron chi connectivity index (χ1n) is 31.1. The third-order valence-corrected chi connectivity index (χ3v) is 14.2. The van der Waals surface area contributed by atoms with Crippen molar-refractivity contribution in [1.82, 2.24) is 0 Å². The lowest BCUT2D eigenvalue weighted by molar-refractivity contribution is -0.161. The summed E-state index contributed by atoms with van der Waals surface area (Å²) in [4.78, 5) is 35.2. The first-order chi connectivity index (χ1) is 36.8. The van der Waals surface area contributed by atoms with E-state index in [-0.39, 0.29) is 38.6 Å². The maximum atomic E-state index is 12.7. The van der Waals surface area contributed by atoms with Gasteiger partial charge in [-0.2, -0.15) is 0 Å². The Kier molecular flexibility index (Phi) is 58.2. The van der Waals surface area contributed by atoms with E-state index < -0.39 is 26.5 Å². The Morgan fingerprint density at radius 2 is 0.733 bits per heavy atom. The van der Waals surface area contributed by atoms with E-state index >= 15 is 0 Å². The number of phosphoric ester groups is 1. The molecule has 0 rings (SSSR count). The van der Waals surface area contributed by atoms with Crippen molar-refractivity contribution < 1.29 is 37.6 Å². The summed E-state index contributed by atoms with van der Waals surface area (Å²) >= 11 is 0. The van der Waals surface area contributed by atoms with E-state index in [0.29, 0.717) is 6.42 Å². The number of unbranched alkanes of at least 4 members (excludes halogenated alkanes) is 31. The van der Waals surface area contributed by atoms with Gasteiger partial charge < -0.3 is 20.1 Å². The van der Waals surface area contributed by atoms with Crippen molar-refractivity contribution in [3.05, 3.63) is 85.1 Å². The number of nitrogens with two attached hydrogens (primary N) is 1. The number of hydrogen-bond donors (Lipinski definition) is 2. The predicted molar refractivity (Wildman–Crippen MR) is 321 cm³/mol. The van der Waals surface area contributed by atoms with Gasteiger partial charge in [0, 0.05) is 19.4 Å². The molecule has 0 aromatic rings. The van der Waals surface area contributed by atoms with Gasteiger partial charge in [0.15, 0.2) is 6.10 Å². The highest BCUT2D eigenvalue weighted by Gasteiger charge is 2.26. The van der Waals surface area contributed by atoms with Crippen molar-refractivity contribution in [3.8, 4) is 0 Å². The zero-order chi connectivity index (χ0) is 54.5. The van der Waals surface area contributed by atoms with Crippen LogP contribution in [0.25, 0.3) is 0 Å². The van der Waals surface area contributed by atoms with Gasteiger partial charge in [-0.15, -0.1) is 0 Å². The Balaban J connectivity index is 3.87. The maximum absolute atomic E-state index is 12.7. The molecule has 2 atom stereocenters. The Morgan fingerprint density at radius 1 is 0.413 bits per heavy atom. The second-order valence-corrected chi connectivity index (χ2v) is 22.0. The molecule has 2 unspecified atom stereocenters. The van der Waals surface area contributed by atoms with Gasteiger partial charge in [-0.05, 0) is 89.9 Å². The van der Waals surface area contributed by atoms with E-state index in [0.717, 1.165) is 77.0 Å². The average Bonchev–Trinajstić information content (AvgIpc) is 3.40. The molecule has 434 valence electrons. The van der Waals surface area contributed by atoms with Crippen LogP contribution in [-0.2, 0) is 32.7 Å². The number of allylic oxidation sites excluding steroid dienone is 14. The van der Waals surface area contributed by atoms with Crippen LogP contribution in [0.2, 0.25) is 0 Å². The first-order valence-corrected chi connectivity index (χ1v) is 32.6. The SMILES string of the molecule is CC/C=C\C/C=C\C/C=C\C/C=C\C/C=C\CCCCCC(=O)OC(COC(=O)CCCCCCCCCCCCCCCCCCCCCCCCC/C=C\C/C=C\CCCCCCC)COP(=O)(O)OCCN. The lowest BCUT2D eigenvalue weighted by atomic mass is 10.0. The number of rotatable bonds is 58. The number of hydrogen-bond acceptors (Lipinski definition) is 8. The molecule has 0 aromatic carbocycles. The Hall–Kier alpha value is -2.81. The lowest BCUT2D eigenvalue weighted by Crippen LogP contribution is -2.29. The molecule has 3 N–H and O–H groups in total. The van der Waals surface area contributed by atoms with Crippen LogP contribution in [0.3, 0.4) is 0 Å². The van der Waals surface area contributed by atoms with Gasteiger partial charge in [-0.1, -0.05) is 266 Å². The molecule has 0 aliphatic carbocycles. The monoisotopic (exact) mass is 1070 g/mol. The van der Waals surface area contributed by atoms with Crippen molar-refractivity contribution in [1.29, 1.82) is 0 Å². The van der Waals surface area contributed by atoms with E-state index in [1.54, 1.807) is 0 Å². The van der Waals surface area contributed by atoms with Crippen molar-refractivity contribution in [3.63, 3.8) is 0 Å². The highest BCUT2D eigenvalue weighted by Crippen LogP contribution is 2.43. The fraction of sp³-hybridized carbons (Fsp3) is 0.754. The molecule has 75 heavy (non-hydrogen) atoms. The van der Waals surface area contributed by atoms with Crippen molar-refractivity contribution in [2.75, 3.05) is 26.4 Å². The molecule has 10 heteroatoms. The highest BCUT2D eigenvalue weighted by molar-refractivity contribution is 7.47. The van der Waals surface area contributed by atoms with Gasteiger partial charge in [-0.25, -0.2) is 4.57 Å². The van der Waals surface area contributed by atoms with Crippen LogP contribution in [0.4, 0.5) is 0 Å². The summed E-state index contributed by atoms with van der Waals surface area (Å²) in [6, 6.07) is 0. The molecule has 0 fully saturated rings. The van der Waals surface area contributed by atoms with E-state index in [1.807, 2.05) is 0 Å². The van der Waals surface area contributed by atoms with E-state index in [2.05, 4.69) is 98.9 Å². The van der Waals surface area contributed by atoms with Crippen LogP contribution >= 0.6 is 7.82 Å². The molecular formula is C65H116NO8P. The third-order valence-electron chi connectivity index (χ3n) is 13.3. The largest absolute Gasteiger partial charge is 0.472 e. The number of esters is 2. The van der Waals surface area contributed by atoms with Gasteiger partial charge in [0.05, 0.1) is 13.2 Å². The molecule has 9 nitrogen and oxygen atoms in total. The van der Waals surface area contributed by atoms with E-state index in [4.69, 9.17) is 24.3 Å². The molecule has 0 amide bonds. The summed E-state index contributed by atoms with van der Waals surface area (Å²) in [6.07, 6.45) is 79.6. The van der Waals surface area contributed by atoms with Crippen molar-refractivity contribution >= 4 is 19.8 Å². The van der Waals surface area contributed by atoms with Crippen molar-refractivity contribution in [2.24, 2.45) is 5.73 Å². The minimum Gasteiger partial charge on any atom is -0.462 e. The molecule has 0 aliphatic heterocycles. The number of ether oxygens (including phenoxy) is 2. The Bertz CT molecular complexity index is 1500. The third kappa shape index (κ3) is 60.3. The smallest absolute Gasteiger partial charge is 0.462 e. The summed E-state index contributed by atoms with van der Waals surface area (Å²) < 4.78 is 33.0. The molecule has 0 heterocycles. The van der Waals surface area contributed by atoms with Crippen LogP contribution < -0.4 is 5.73 Å². The minimum absolute atomic E-state index is 0.0450. The molecule has 0 saturated heterocycles. The quantitative estimate of drug-likeness (QED) is 0.0264. The Morgan fingerprint density at radius 3 is 1.11 bits per heavy atom. The van der Waals surface area contributed by atoms with E-state index in [1.165, 1.54) is 173 Å². The van der Waals surface area contributed by atoms with Crippen LogP contribution in [0.1, 0.15) is 284 Å². The normalized spacial score (nSPS) is 13.6. The Labute approximate surface area is 462 Å². The van der Waals surface area contributed by atoms with Crippen LogP contribution in [0.15, 0.2) is 85.1 Å². The molecule has 0 radical (unpaired) electrons.